The molecule has 1 aliphatic rings. The van der Waals surface area contributed by atoms with E-state index in [1.165, 1.54) is 0 Å². The van der Waals surface area contributed by atoms with E-state index in [1.807, 2.05) is 0 Å². The predicted octanol–water partition coefficient (Wildman–Crippen LogP) is 1.25. The van der Waals surface area contributed by atoms with Crippen LogP contribution in [0.2, 0.25) is 0 Å². The summed E-state index contributed by atoms with van der Waals surface area (Å²) in [6.45, 7) is 1.89. The Hall–Kier alpha value is -1.42. The van der Waals surface area contributed by atoms with Gasteiger partial charge in [0.15, 0.2) is 0 Å². The van der Waals surface area contributed by atoms with Crippen LogP contribution >= 0.6 is 0 Å². The summed E-state index contributed by atoms with van der Waals surface area (Å²) in [5.74, 6) is -0.588. The number of rotatable bonds is 2. The maximum Gasteiger partial charge on any atom is 0.337 e. The van der Waals surface area contributed by atoms with E-state index in [9.17, 15) is 4.79 Å². The van der Waals surface area contributed by atoms with Crippen molar-refractivity contribution in [2.75, 3.05) is 13.1 Å². The number of carbonyl (C=O) groups is 1. The zero-order valence-electron chi connectivity index (χ0n) is 8.44. The van der Waals surface area contributed by atoms with Gasteiger partial charge in [-0.3, -0.25) is 4.98 Å². The van der Waals surface area contributed by atoms with Gasteiger partial charge in [0.25, 0.3) is 0 Å². The molecular formula is C11H14N2O2. The standard InChI is InChI=1S/C11H14N2O2/c14-11(15)9-2-1-5-13-10(9)8-3-6-12-7-4-8/h1-2,5,8,12H,3-4,6-7H2,(H,14,15). The molecule has 1 saturated heterocycles. The molecule has 4 nitrogen and oxygen atoms in total. The van der Waals surface area contributed by atoms with E-state index < -0.39 is 5.97 Å². The molecule has 0 atom stereocenters. The lowest BCUT2D eigenvalue weighted by Crippen LogP contribution is -2.28. The van der Waals surface area contributed by atoms with Gasteiger partial charge < -0.3 is 10.4 Å². The van der Waals surface area contributed by atoms with Gasteiger partial charge in [-0.05, 0) is 38.1 Å². The SMILES string of the molecule is O=C(O)c1cccnc1C1CCNCC1. The third-order valence-corrected chi connectivity index (χ3v) is 2.79. The number of aromatic carboxylic acids is 1. The van der Waals surface area contributed by atoms with Gasteiger partial charge in [0.2, 0.25) is 0 Å². The van der Waals surface area contributed by atoms with Crippen molar-refractivity contribution < 1.29 is 9.90 Å². The third kappa shape index (κ3) is 2.15. The minimum absolute atomic E-state index is 0.290. The molecule has 0 saturated carbocycles. The Morgan fingerprint density at radius 2 is 2.20 bits per heavy atom. The summed E-state index contributed by atoms with van der Waals surface area (Å²) in [6.07, 6.45) is 3.61. The van der Waals surface area contributed by atoms with Crippen molar-refractivity contribution in [1.29, 1.82) is 0 Å². The Morgan fingerprint density at radius 3 is 2.87 bits per heavy atom. The molecule has 0 amide bonds. The van der Waals surface area contributed by atoms with Gasteiger partial charge in [0.1, 0.15) is 0 Å². The van der Waals surface area contributed by atoms with Crippen LogP contribution in [0.3, 0.4) is 0 Å². The summed E-state index contributed by atoms with van der Waals surface area (Å²) in [5.41, 5.74) is 1.09. The largest absolute Gasteiger partial charge is 0.478 e. The lowest BCUT2D eigenvalue weighted by Gasteiger charge is -2.23. The Balaban J connectivity index is 2.29. The highest BCUT2D eigenvalue weighted by atomic mass is 16.4. The van der Waals surface area contributed by atoms with Crippen LogP contribution in [0.15, 0.2) is 18.3 Å². The van der Waals surface area contributed by atoms with E-state index in [-0.39, 0.29) is 0 Å². The molecule has 1 aliphatic heterocycles. The lowest BCUT2D eigenvalue weighted by atomic mass is 9.91. The fraction of sp³-hybridized carbons (Fsp3) is 0.455. The topological polar surface area (TPSA) is 62.2 Å². The molecule has 0 unspecified atom stereocenters. The van der Waals surface area contributed by atoms with Crippen molar-refractivity contribution in [3.8, 4) is 0 Å². The second-order valence-corrected chi connectivity index (χ2v) is 3.77. The van der Waals surface area contributed by atoms with Crippen LogP contribution in [0.1, 0.15) is 34.8 Å². The number of piperidine rings is 1. The van der Waals surface area contributed by atoms with Gasteiger partial charge in [-0.15, -0.1) is 0 Å². The Labute approximate surface area is 88.3 Å². The van der Waals surface area contributed by atoms with Crippen molar-refractivity contribution in [3.05, 3.63) is 29.6 Å². The monoisotopic (exact) mass is 206 g/mol. The van der Waals surface area contributed by atoms with Crippen LogP contribution in [-0.2, 0) is 0 Å². The zero-order chi connectivity index (χ0) is 10.7. The smallest absolute Gasteiger partial charge is 0.337 e. The molecule has 0 spiro atoms. The Morgan fingerprint density at radius 1 is 1.47 bits per heavy atom. The second kappa shape index (κ2) is 4.40. The van der Waals surface area contributed by atoms with Gasteiger partial charge in [0, 0.05) is 12.1 Å². The number of hydrogen-bond donors (Lipinski definition) is 2. The summed E-state index contributed by atoms with van der Waals surface area (Å²) < 4.78 is 0. The van der Waals surface area contributed by atoms with Gasteiger partial charge in [-0.25, -0.2) is 4.79 Å². The molecule has 15 heavy (non-hydrogen) atoms. The number of carboxylic acid groups (broad SMARTS) is 1. The van der Waals surface area contributed by atoms with E-state index in [4.69, 9.17) is 5.11 Å². The highest BCUT2D eigenvalue weighted by Gasteiger charge is 2.21. The molecule has 0 radical (unpaired) electrons. The van der Waals surface area contributed by atoms with Crippen LogP contribution in [0.4, 0.5) is 0 Å². The van der Waals surface area contributed by atoms with Crippen LogP contribution < -0.4 is 5.32 Å². The summed E-state index contributed by atoms with van der Waals surface area (Å²) in [6, 6.07) is 3.31. The molecule has 80 valence electrons. The van der Waals surface area contributed by atoms with Crippen molar-refractivity contribution in [2.24, 2.45) is 0 Å². The van der Waals surface area contributed by atoms with Crippen LogP contribution in [0, 0.1) is 0 Å². The highest BCUT2D eigenvalue weighted by molar-refractivity contribution is 5.88. The molecule has 1 fully saturated rings. The van der Waals surface area contributed by atoms with Crippen molar-refractivity contribution in [1.82, 2.24) is 10.3 Å². The van der Waals surface area contributed by atoms with Crippen LogP contribution in [0.25, 0.3) is 0 Å². The first-order valence-electron chi connectivity index (χ1n) is 5.18. The first kappa shape index (κ1) is 10.1. The first-order valence-corrected chi connectivity index (χ1v) is 5.18. The normalized spacial score (nSPS) is 17.6. The molecule has 1 aromatic heterocycles. The van der Waals surface area contributed by atoms with E-state index in [0.29, 0.717) is 11.5 Å². The zero-order valence-corrected chi connectivity index (χ0v) is 8.44. The van der Waals surface area contributed by atoms with Crippen LogP contribution in [-0.4, -0.2) is 29.1 Å². The number of hydrogen-bond acceptors (Lipinski definition) is 3. The maximum absolute atomic E-state index is 11.0. The quantitative estimate of drug-likeness (QED) is 0.764. The van der Waals surface area contributed by atoms with Crippen molar-refractivity contribution in [3.63, 3.8) is 0 Å². The average molecular weight is 206 g/mol. The van der Waals surface area contributed by atoms with Crippen LogP contribution in [0.5, 0.6) is 0 Å². The molecule has 0 bridgehead atoms. The molecule has 4 heteroatoms. The predicted molar refractivity (Wildman–Crippen MR) is 56.0 cm³/mol. The average Bonchev–Trinajstić information content (AvgIpc) is 2.30. The molecule has 0 aliphatic carbocycles. The van der Waals surface area contributed by atoms with Gasteiger partial charge >= 0.3 is 5.97 Å². The van der Waals surface area contributed by atoms with E-state index in [1.54, 1.807) is 18.3 Å². The minimum atomic E-state index is -0.878. The maximum atomic E-state index is 11.0. The molecule has 1 aromatic rings. The number of aromatic nitrogens is 1. The van der Waals surface area contributed by atoms with E-state index in [0.717, 1.165) is 31.6 Å². The summed E-state index contributed by atoms with van der Waals surface area (Å²) >= 11 is 0. The molecule has 2 rings (SSSR count). The van der Waals surface area contributed by atoms with Gasteiger partial charge in [-0.2, -0.15) is 0 Å². The third-order valence-electron chi connectivity index (χ3n) is 2.79. The summed E-state index contributed by atoms with van der Waals surface area (Å²) in [5, 5.41) is 12.3. The summed E-state index contributed by atoms with van der Waals surface area (Å²) in [7, 11) is 0. The molecule has 0 aromatic carbocycles. The fourth-order valence-corrected chi connectivity index (χ4v) is 2.02. The first-order chi connectivity index (χ1) is 7.29. The number of carboxylic acids is 1. The fourth-order valence-electron chi connectivity index (χ4n) is 2.02. The molecule has 2 N–H and O–H groups in total. The van der Waals surface area contributed by atoms with Crippen molar-refractivity contribution >= 4 is 5.97 Å². The minimum Gasteiger partial charge on any atom is -0.478 e. The van der Waals surface area contributed by atoms with Crippen molar-refractivity contribution in [2.45, 2.75) is 18.8 Å². The lowest BCUT2D eigenvalue weighted by molar-refractivity contribution is 0.0694. The number of nitrogens with zero attached hydrogens (tertiary/aromatic N) is 1. The Kier molecular flexibility index (Phi) is 2.97. The number of pyridine rings is 1. The highest BCUT2D eigenvalue weighted by Crippen LogP contribution is 2.25. The molecular weight excluding hydrogens is 192 g/mol. The van der Waals surface area contributed by atoms with Gasteiger partial charge in [0.05, 0.1) is 11.3 Å². The number of nitrogens with one attached hydrogen (secondary N) is 1. The van der Waals surface area contributed by atoms with Gasteiger partial charge in [-0.1, -0.05) is 0 Å². The molecule has 2 heterocycles. The second-order valence-electron chi connectivity index (χ2n) is 3.77. The summed E-state index contributed by atoms with van der Waals surface area (Å²) in [4.78, 5) is 15.2. The van der Waals surface area contributed by atoms with E-state index in [2.05, 4.69) is 10.3 Å². The Bertz CT molecular complexity index is 359. The van der Waals surface area contributed by atoms with E-state index >= 15 is 0 Å².